The molecule has 0 unspecified atom stereocenters. The van der Waals surface area contributed by atoms with Crippen molar-refractivity contribution >= 4 is 11.6 Å². The maximum Gasteiger partial charge on any atom is 0.260 e. The van der Waals surface area contributed by atoms with Crippen molar-refractivity contribution in [1.82, 2.24) is 4.98 Å². The fraction of sp³-hybridized carbons (Fsp3) is 0.267. The van der Waals surface area contributed by atoms with Crippen LogP contribution in [0, 0.1) is 6.92 Å². The van der Waals surface area contributed by atoms with Gasteiger partial charge in [0.05, 0.1) is 12.2 Å². The molecule has 1 amide bonds. The number of nitrogens with zero attached hydrogens (tertiary/aromatic N) is 1. The number of amides is 1. The Kier molecular flexibility index (Phi) is 2.87. The van der Waals surface area contributed by atoms with Gasteiger partial charge in [-0.05, 0) is 24.1 Å². The van der Waals surface area contributed by atoms with Crippen LogP contribution in [-0.4, -0.2) is 29.1 Å². The second-order valence-corrected chi connectivity index (χ2v) is 4.91. The highest BCUT2D eigenvalue weighted by Crippen LogP contribution is 2.36. The summed E-state index contributed by atoms with van der Waals surface area (Å²) in [6.45, 7) is 2.52. The Balaban J connectivity index is 2.00. The van der Waals surface area contributed by atoms with Gasteiger partial charge in [-0.2, -0.15) is 0 Å². The number of aryl methyl sites for hydroxylation is 1. The van der Waals surface area contributed by atoms with Gasteiger partial charge in [0.15, 0.2) is 0 Å². The highest BCUT2D eigenvalue weighted by molar-refractivity contribution is 6.08. The van der Waals surface area contributed by atoms with Crippen molar-refractivity contribution in [2.45, 2.75) is 12.8 Å². The van der Waals surface area contributed by atoms with E-state index in [1.807, 2.05) is 37.4 Å². The molecule has 2 aromatic rings. The minimum absolute atomic E-state index is 0.0119. The summed E-state index contributed by atoms with van der Waals surface area (Å²) in [4.78, 5) is 17.3. The van der Waals surface area contributed by atoms with Gasteiger partial charge in [0.2, 0.25) is 0 Å². The van der Waals surface area contributed by atoms with Crippen LogP contribution in [0.5, 0.6) is 0 Å². The van der Waals surface area contributed by atoms with Crippen molar-refractivity contribution in [3.05, 3.63) is 53.3 Å². The van der Waals surface area contributed by atoms with Gasteiger partial charge in [-0.15, -0.1) is 0 Å². The number of rotatable bonds is 2. The van der Waals surface area contributed by atoms with Crippen LogP contribution in [0.1, 0.15) is 27.4 Å². The van der Waals surface area contributed by atoms with E-state index in [4.69, 9.17) is 0 Å². The lowest BCUT2D eigenvalue weighted by Crippen LogP contribution is -2.30. The molecule has 4 heteroatoms. The number of nitrogens with one attached hydrogen (secondary N) is 1. The molecule has 1 aliphatic heterocycles. The lowest BCUT2D eigenvalue weighted by molar-refractivity contribution is 0.0986. The third-order valence-electron chi connectivity index (χ3n) is 3.72. The Labute approximate surface area is 111 Å². The SMILES string of the molecule is Cc1c[nH]cc1C(=O)N1C[C@H](CO)c2ccccc21. The van der Waals surface area contributed by atoms with Crippen LogP contribution >= 0.6 is 0 Å². The number of para-hydroxylation sites is 1. The van der Waals surface area contributed by atoms with E-state index in [2.05, 4.69) is 4.98 Å². The van der Waals surface area contributed by atoms with Gasteiger partial charge in [0.25, 0.3) is 5.91 Å². The smallest absolute Gasteiger partial charge is 0.260 e. The third-order valence-corrected chi connectivity index (χ3v) is 3.72. The van der Waals surface area contributed by atoms with Crippen molar-refractivity contribution in [3.8, 4) is 0 Å². The van der Waals surface area contributed by atoms with Crippen LogP contribution in [0.15, 0.2) is 36.7 Å². The number of aromatic amines is 1. The van der Waals surface area contributed by atoms with Crippen LogP contribution in [0.4, 0.5) is 5.69 Å². The van der Waals surface area contributed by atoms with Gasteiger partial charge in [0.1, 0.15) is 0 Å². The maximum absolute atomic E-state index is 12.6. The zero-order valence-electron chi connectivity index (χ0n) is 10.8. The van der Waals surface area contributed by atoms with Crippen molar-refractivity contribution in [2.75, 3.05) is 18.1 Å². The molecule has 0 saturated carbocycles. The van der Waals surface area contributed by atoms with Gasteiger partial charge in [-0.1, -0.05) is 18.2 Å². The first-order valence-electron chi connectivity index (χ1n) is 6.37. The predicted molar refractivity (Wildman–Crippen MR) is 73.5 cm³/mol. The van der Waals surface area contributed by atoms with Crippen molar-refractivity contribution in [2.24, 2.45) is 0 Å². The minimum atomic E-state index is -0.0119. The Hall–Kier alpha value is -2.07. The molecule has 0 saturated heterocycles. The summed E-state index contributed by atoms with van der Waals surface area (Å²) >= 11 is 0. The van der Waals surface area contributed by atoms with E-state index in [9.17, 15) is 9.90 Å². The van der Waals surface area contributed by atoms with Crippen LogP contribution in [0.2, 0.25) is 0 Å². The standard InChI is InChI=1S/C15H16N2O2/c1-10-6-16-7-13(10)15(19)17-8-11(9-18)12-4-2-3-5-14(12)17/h2-7,11,16,18H,8-9H2,1H3/t11-/m1/s1. The molecule has 4 nitrogen and oxygen atoms in total. The number of hydrogen-bond acceptors (Lipinski definition) is 2. The number of aliphatic hydroxyl groups is 1. The van der Waals surface area contributed by atoms with Gasteiger partial charge in [0, 0.05) is 30.5 Å². The number of carbonyl (C=O) groups excluding carboxylic acids is 1. The first-order chi connectivity index (χ1) is 9.22. The molecule has 0 bridgehead atoms. The van der Waals surface area contributed by atoms with Gasteiger partial charge in [-0.3, -0.25) is 4.79 Å². The number of aromatic nitrogens is 1. The molecule has 1 aliphatic rings. The lowest BCUT2D eigenvalue weighted by Gasteiger charge is -2.17. The monoisotopic (exact) mass is 256 g/mol. The lowest BCUT2D eigenvalue weighted by atomic mass is 10.0. The molecule has 1 aromatic carbocycles. The number of carbonyl (C=O) groups is 1. The molecular formula is C15H16N2O2. The average Bonchev–Trinajstić information content (AvgIpc) is 3.01. The zero-order valence-corrected chi connectivity index (χ0v) is 10.8. The van der Waals surface area contributed by atoms with Crippen molar-refractivity contribution in [1.29, 1.82) is 0 Å². The van der Waals surface area contributed by atoms with Gasteiger partial charge >= 0.3 is 0 Å². The molecule has 0 aliphatic carbocycles. The molecular weight excluding hydrogens is 240 g/mol. The molecule has 98 valence electrons. The number of aliphatic hydroxyl groups excluding tert-OH is 1. The van der Waals surface area contributed by atoms with E-state index < -0.39 is 0 Å². The highest BCUT2D eigenvalue weighted by atomic mass is 16.3. The van der Waals surface area contributed by atoms with Crippen LogP contribution < -0.4 is 4.90 Å². The van der Waals surface area contributed by atoms with Crippen molar-refractivity contribution < 1.29 is 9.90 Å². The summed E-state index contributed by atoms with van der Waals surface area (Å²) < 4.78 is 0. The molecule has 1 atom stereocenters. The van der Waals surface area contributed by atoms with Gasteiger partial charge in [-0.25, -0.2) is 0 Å². The summed E-state index contributed by atoms with van der Waals surface area (Å²) in [5.41, 5.74) is 3.59. The summed E-state index contributed by atoms with van der Waals surface area (Å²) in [7, 11) is 0. The number of hydrogen-bond donors (Lipinski definition) is 2. The summed E-state index contributed by atoms with van der Waals surface area (Å²) in [6, 6.07) is 7.78. The molecule has 2 N–H and O–H groups in total. The summed E-state index contributed by atoms with van der Waals surface area (Å²) in [6.07, 6.45) is 3.55. The van der Waals surface area contributed by atoms with Crippen LogP contribution in [0.25, 0.3) is 0 Å². The van der Waals surface area contributed by atoms with E-state index in [1.165, 1.54) is 0 Å². The van der Waals surface area contributed by atoms with Crippen LogP contribution in [0.3, 0.4) is 0 Å². The Morgan fingerprint density at radius 2 is 2.21 bits per heavy atom. The Morgan fingerprint density at radius 1 is 1.42 bits per heavy atom. The first kappa shape index (κ1) is 12.0. The fourth-order valence-corrected chi connectivity index (χ4v) is 2.66. The minimum Gasteiger partial charge on any atom is -0.396 e. The predicted octanol–water partition coefficient (Wildman–Crippen LogP) is 2.06. The van der Waals surface area contributed by atoms with Crippen molar-refractivity contribution in [3.63, 3.8) is 0 Å². The quantitative estimate of drug-likeness (QED) is 0.864. The van der Waals surface area contributed by atoms with Gasteiger partial charge < -0.3 is 15.0 Å². The van der Waals surface area contributed by atoms with E-state index in [0.29, 0.717) is 12.1 Å². The second-order valence-electron chi connectivity index (χ2n) is 4.91. The van der Waals surface area contributed by atoms with Crippen LogP contribution in [-0.2, 0) is 0 Å². The number of benzene rings is 1. The highest BCUT2D eigenvalue weighted by Gasteiger charge is 2.32. The molecule has 19 heavy (non-hydrogen) atoms. The molecule has 0 spiro atoms. The molecule has 1 aromatic heterocycles. The molecule has 0 radical (unpaired) electrons. The van der Waals surface area contributed by atoms with E-state index >= 15 is 0 Å². The number of anilines is 1. The number of fused-ring (bicyclic) bond motifs is 1. The molecule has 2 heterocycles. The molecule has 3 rings (SSSR count). The maximum atomic E-state index is 12.6. The molecule has 0 fully saturated rings. The van der Waals surface area contributed by atoms with E-state index in [1.54, 1.807) is 11.1 Å². The summed E-state index contributed by atoms with van der Waals surface area (Å²) in [5.74, 6) is 0.00143. The average molecular weight is 256 g/mol. The fourth-order valence-electron chi connectivity index (χ4n) is 2.66. The first-order valence-corrected chi connectivity index (χ1v) is 6.37. The number of H-pyrrole nitrogens is 1. The Morgan fingerprint density at radius 3 is 2.89 bits per heavy atom. The van der Waals surface area contributed by atoms with E-state index in [-0.39, 0.29) is 18.4 Å². The topological polar surface area (TPSA) is 56.3 Å². The van der Waals surface area contributed by atoms with E-state index in [0.717, 1.165) is 16.8 Å². The normalized spacial score (nSPS) is 17.6. The zero-order chi connectivity index (χ0) is 13.4. The second kappa shape index (κ2) is 4.55. The third kappa shape index (κ3) is 1.85. The Bertz CT molecular complexity index is 618. The largest absolute Gasteiger partial charge is 0.396 e. The summed E-state index contributed by atoms with van der Waals surface area (Å²) in [5, 5.41) is 9.45.